The zero-order valence-corrected chi connectivity index (χ0v) is 19.5. The second-order valence-corrected chi connectivity index (χ2v) is 9.60. The van der Waals surface area contributed by atoms with Crippen molar-refractivity contribution in [2.24, 2.45) is 5.92 Å². The van der Waals surface area contributed by atoms with Crippen LogP contribution in [0.25, 0.3) is 10.9 Å². The van der Waals surface area contributed by atoms with Crippen molar-refractivity contribution in [3.63, 3.8) is 0 Å². The van der Waals surface area contributed by atoms with Crippen LogP contribution in [0.1, 0.15) is 48.8 Å². The number of nitrogens with zero attached hydrogens (tertiary/aromatic N) is 3. The number of nitrogens with one attached hydrogen (secondary N) is 2. The smallest absolute Gasteiger partial charge is 0.319 e. The van der Waals surface area contributed by atoms with Crippen molar-refractivity contribution >= 4 is 22.6 Å². The zero-order chi connectivity index (χ0) is 23.3. The summed E-state index contributed by atoms with van der Waals surface area (Å²) in [5.74, 6) is 0.729. The first kappa shape index (κ1) is 22.4. The van der Waals surface area contributed by atoms with E-state index in [1.165, 1.54) is 30.4 Å². The molecule has 6 heteroatoms. The van der Waals surface area contributed by atoms with Gasteiger partial charge in [0.25, 0.3) is 0 Å². The van der Waals surface area contributed by atoms with E-state index >= 15 is 0 Å². The summed E-state index contributed by atoms with van der Waals surface area (Å²) in [6.45, 7) is 3.18. The number of urea groups is 1. The lowest BCUT2D eigenvalue weighted by Gasteiger charge is -2.33. The number of rotatable bonds is 5. The van der Waals surface area contributed by atoms with Crippen LogP contribution in [-0.2, 0) is 13.0 Å². The molecule has 3 aromatic rings. The predicted octanol–water partition coefficient (Wildman–Crippen LogP) is 5.24. The molecule has 1 aliphatic heterocycles. The molecule has 0 atom stereocenters. The number of pyridine rings is 1. The third kappa shape index (κ3) is 5.21. The van der Waals surface area contributed by atoms with E-state index in [0.29, 0.717) is 0 Å². The van der Waals surface area contributed by atoms with Gasteiger partial charge in [-0.2, -0.15) is 5.26 Å². The van der Waals surface area contributed by atoms with Gasteiger partial charge in [-0.3, -0.25) is 9.88 Å². The summed E-state index contributed by atoms with van der Waals surface area (Å²) in [4.78, 5) is 19.5. The van der Waals surface area contributed by atoms with Crippen LogP contribution in [0.4, 0.5) is 10.5 Å². The number of amides is 2. The average molecular weight is 454 g/mol. The Kier molecular flexibility index (Phi) is 6.73. The number of hydrogen-bond acceptors (Lipinski definition) is 4. The van der Waals surface area contributed by atoms with Crippen molar-refractivity contribution in [2.45, 2.75) is 51.1 Å². The summed E-state index contributed by atoms with van der Waals surface area (Å²) in [5, 5.41) is 16.2. The molecule has 0 unspecified atom stereocenters. The van der Waals surface area contributed by atoms with Crippen LogP contribution in [0, 0.1) is 17.2 Å². The fourth-order valence-corrected chi connectivity index (χ4v) is 5.38. The number of fused-ring (bicyclic) bond motifs is 2. The van der Waals surface area contributed by atoms with Gasteiger partial charge >= 0.3 is 6.03 Å². The highest BCUT2D eigenvalue weighted by molar-refractivity contribution is 6.00. The second-order valence-electron chi connectivity index (χ2n) is 9.60. The SMILES string of the molecule is N#Cc1ccc2c(c1)CCN(CCC1CCC(NC(=O)Nc3ccnc4ccccc34)CC1)C2. The molecule has 0 spiro atoms. The van der Waals surface area contributed by atoms with E-state index in [0.717, 1.165) is 67.0 Å². The molecule has 6 nitrogen and oxygen atoms in total. The summed E-state index contributed by atoms with van der Waals surface area (Å²) < 4.78 is 0. The van der Waals surface area contributed by atoms with E-state index in [1.807, 2.05) is 42.5 Å². The van der Waals surface area contributed by atoms with Crippen LogP contribution in [-0.4, -0.2) is 35.0 Å². The Morgan fingerprint density at radius 2 is 1.94 bits per heavy atom. The van der Waals surface area contributed by atoms with E-state index in [9.17, 15) is 4.79 Å². The van der Waals surface area contributed by atoms with Gasteiger partial charge in [0.15, 0.2) is 0 Å². The van der Waals surface area contributed by atoms with E-state index in [4.69, 9.17) is 5.26 Å². The van der Waals surface area contributed by atoms with Gasteiger partial charge in [-0.05, 0) is 86.4 Å². The minimum absolute atomic E-state index is 0.133. The third-order valence-corrected chi connectivity index (χ3v) is 7.36. The Morgan fingerprint density at radius 1 is 1.09 bits per heavy atom. The van der Waals surface area contributed by atoms with Gasteiger partial charge in [0.2, 0.25) is 0 Å². The van der Waals surface area contributed by atoms with E-state index < -0.39 is 0 Å². The first-order valence-electron chi connectivity index (χ1n) is 12.3. The van der Waals surface area contributed by atoms with Crippen molar-refractivity contribution in [2.75, 3.05) is 18.4 Å². The molecule has 1 aliphatic carbocycles. The highest BCUT2D eigenvalue weighted by Gasteiger charge is 2.24. The molecule has 34 heavy (non-hydrogen) atoms. The fourth-order valence-electron chi connectivity index (χ4n) is 5.38. The predicted molar refractivity (Wildman–Crippen MR) is 134 cm³/mol. The van der Waals surface area contributed by atoms with E-state index in [1.54, 1.807) is 6.20 Å². The number of carbonyl (C=O) groups is 1. The van der Waals surface area contributed by atoms with Gasteiger partial charge < -0.3 is 10.6 Å². The topological polar surface area (TPSA) is 81.0 Å². The van der Waals surface area contributed by atoms with Crippen LogP contribution >= 0.6 is 0 Å². The lowest BCUT2D eigenvalue weighted by Crippen LogP contribution is -2.40. The first-order chi connectivity index (χ1) is 16.7. The Morgan fingerprint density at radius 3 is 2.79 bits per heavy atom. The Labute approximate surface area is 201 Å². The molecule has 0 radical (unpaired) electrons. The van der Waals surface area contributed by atoms with E-state index in [-0.39, 0.29) is 12.1 Å². The molecule has 2 heterocycles. The number of carbonyl (C=O) groups excluding carboxylic acids is 1. The van der Waals surface area contributed by atoms with Crippen molar-refractivity contribution in [3.8, 4) is 6.07 Å². The number of benzene rings is 2. The maximum absolute atomic E-state index is 12.6. The monoisotopic (exact) mass is 453 g/mol. The maximum Gasteiger partial charge on any atom is 0.319 e. The Bertz CT molecular complexity index is 1200. The minimum atomic E-state index is -0.133. The lowest BCUT2D eigenvalue weighted by molar-refractivity contribution is 0.205. The molecule has 1 saturated carbocycles. The second kappa shape index (κ2) is 10.2. The number of nitriles is 1. The number of aromatic nitrogens is 1. The normalized spacial score (nSPS) is 20.3. The summed E-state index contributed by atoms with van der Waals surface area (Å²) >= 11 is 0. The first-order valence-corrected chi connectivity index (χ1v) is 12.3. The number of para-hydroxylation sites is 1. The molecule has 5 rings (SSSR count). The summed E-state index contributed by atoms with van der Waals surface area (Å²) in [6.07, 6.45) is 8.38. The van der Waals surface area contributed by atoms with Crippen LogP contribution in [0.5, 0.6) is 0 Å². The minimum Gasteiger partial charge on any atom is -0.335 e. The molecule has 2 N–H and O–H groups in total. The van der Waals surface area contributed by atoms with Crippen LogP contribution in [0.15, 0.2) is 54.7 Å². The molecule has 1 aromatic heterocycles. The van der Waals surface area contributed by atoms with Crippen molar-refractivity contribution in [3.05, 3.63) is 71.4 Å². The molecule has 2 aliphatic rings. The number of hydrogen-bond donors (Lipinski definition) is 2. The van der Waals surface area contributed by atoms with Crippen LogP contribution in [0.3, 0.4) is 0 Å². The molecule has 174 valence electrons. The largest absolute Gasteiger partial charge is 0.335 e. The van der Waals surface area contributed by atoms with Crippen LogP contribution < -0.4 is 10.6 Å². The highest BCUT2D eigenvalue weighted by atomic mass is 16.2. The molecule has 0 saturated heterocycles. The van der Waals surface area contributed by atoms with Gasteiger partial charge in [-0.15, -0.1) is 0 Å². The summed E-state index contributed by atoms with van der Waals surface area (Å²) in [6, 6.07) is 18.1. The van der Waals surface area contributed by atoms with Crippen molar-refractivity contribution in [1.82, 2.24) is 15.2 Å². The summed E-state index contributed by atoms with van der Waals surface area (Å²) in [7, 11) is 0. The zero-order valence-electron chi connectivity index (χ0n) is 19.5. The fraction of sp³-hybridized carbons (Fsp3) is 0.393. The quantitative estimate of drug-likeness (QED) is 0.554. The molecular formula is C28H31N5O. The third-order valence-electron chi connectivity index (χ3n) is 7.36. The standard InChI is InChI=1S/C28H31N5O/c29-18-21-5-8-23-19-33(16-13-22(23)17-21)15-12-20-6-9-24(10-7-20)31-28(34)32-27-11-14-30-26-4-2-1-3-25(26)27/h1-5,8,11,14,17,20,24H,6-7,9-10,12-13,15-16,19H2,(H2,30,31,32,34). The van der Waals surface area contributed by atoms with Gasteiger partial charge in [0.1, 0.15) is 0 Å². The van der Waals surface area contributed by atoms with Gasteiger partial charge in [0, 0.05) is 30.7 Å². The average Bonchev–Trinajstić information content (AvgIpc) is 2.88. The van der Waals surface area contributed by atoms with Crippen molar-refractivity contribution in [1.29, 1.82) is 5.26 Å². The number of anilines is 1. The van der Waals surface area contributed by atoms with Crippen LogP contribution in [0.2, 0.25) is 0 Å². The van der Waals surface area contributed by atoms with Gasteiger partial charge in [-0.1, -0.05) is 24.3 Å². The molecule has 2 amide bonds. The van der Waals surface area contributed by atoms with Gasteiger partial charge in [-0.25, -0.2) is 4.79 Å². The lowest BCUT2D eigenvalue weighted by atomic mass is 9.84. The summed E-state index contributed by atoms with van der Waals surface area (Å²) in [5.41, 5.74) is 5.14. The Balaban J connectivity index is 1.05. The molecular weight excluding hydrogens is 422 g/mol. The molecule has 0 bridgehead atoms. The highest BCUT2D eigenvalue weighted by Crippen LogP contribution is 2.29. The molecule has 2 aromatic carbocycles. The maximum atomic E-state index is 12.6. The van der Waals surface area contributed by atoms with Crippen molar-refractivity contribution < 1.29 is 4.79 Å². The molecule has 1 fully saturated rings. The van der Waals surface area contributed by atoms with E-state index in [2.05, 4.69) is 32.7 Å². The van der Waals surface area contributed by atoms with Gasteiger partial charge in [0.05, 0.1) is 22.8 Å². The Hall–Kier alpha value is -3.43.